The minimum atomic E-state index is -0.784. The molecule has 3 rings (SSSR count). The van der Waals surface area contributed by atoms with Gasteiger partial charge in [-0.3, -0.25) is 0 Å². The van der Waals surface area contributed by atoms with E-state index in [2.05, 4.69) is 36.0 Å². The van der Waals surface area contributed by atoms with Crippen molar-refractivity contribution in [3.63, 3.8) is 0 Å². The lowest BCUT2D eigenvalue weighted by molar-refractivity contribution is 0.309. The molecular weight excluding hydrogens is 400 g/mol. The number of nitrogens with zero attached hydrogens (tertiary/aromatic N) is 1. The van der Waals surface area contributed by atoms with Crippen molar-refractivity contribution >= 4 is 23.1 Å². The van der Waals surface area contributed by atoms with E-state index in [1.54, 1.807) is 12.1 Å². The number of hydrogen-bond donors (Lipinski definition) is 0. The molecule has 2 nitrogen and oxygen atoms in total. The van der Waals surface area contributed by atoms with E-state index in [1.165, 1.54) is 12.1 Å². The first-order chi connectivity index (χ1) is 14.6. The summed E-state index contributed by atoms with van der Waals surface area (Å²) in [5.74, 6) is 5.45. The van der Waals surface area contributed by atoms with E-state index in [1.807, 2.05) is 41.6 Å². The first kappa shape index (κ1) is 21.4. The predicted octanol–water partition coefficient (Wildman–Crippen LogP) is 6.94. The standard InChI is InChI=1S/C25H19F2NOS/c1-2-3-14-29-22-12-8-19(9-13-22)5-4-18-6-10-20(11-7-18)21-15-23(26)25(28-17-30)24(27)16-21/h6-13,15-16H,2-3,14H2,1H3. The summed E-state index contributed by atoms with van der Waals surface area (Å²) in [7, 11) is 0. The van der Waals surface area contributed by atoms with Crippen LogP contribution in [0.4, 0.5) is 14.5 Å². The van der Waals surface area contributed by atoms with Crippen LogP contribution >= 0.6 is 12.2 Å². The Bertz CT molecular complexity index is 1100. The molecule has 0 aliphatic heterocycles. The van der Waals surface area contributed by atoms with Gasteiger partial charge in [-0.15, -0.1) is 0 Å². The fourth-order valence-electron chi connectivity index (χ4n) is 2.74. The van der Waals surface area contributed by atoms with Gasteiger partial charge in [-0.05, 0) is 78.3 Å². The van der Waals surface area contributed by atoms with Crippen LogP contribution in [0.5, 0.6) is 5.75 Å². The van der Waals surface area contributed by atoms with Gasteiger partial charge in [-0.2, -0.15) is 4.99 Å². The summed E-state index contributed by atoms with van der Waals surface area (Å²) in [4.78, 5) is 3.42. The molecule has 0 aromatic heterocycles. The van der Waals surface area contributed by atoms with Gasteiger partial charge in [0.25, 0.3) is 0 Å². The van der Waals surface area contributed by atoms with E-state index in [0.717, 1.165) is 29.7 Å². The molecule has 0 saturated heterocycles. The number of aliphatic imine (C=N–C) groups is 1. The molecule has 0 amide bonds. The van der Waals surface area contributed by atoms with E-state index in [0.29, 0.717) is 17.7 Å². The Hall–Kier alpha value is -3.32. The highest BCUT2D eigenvalue weighted by Crippen LogP contribution is 2.29. The van der Waals surface area contributed by atoms with Crippen LogP contribution < -0.4 is 4.74 Å². The van der Waals surface area contributed by atoms with Gasteiger partial charge in [0.05, 0.1) is 11.8 Å². The maximum absolute atomic E-state index is 14.0. The number of benzene rings is 3. The summed E-state index contributed by atoms with van der Waals surface area (Å²) < 4.78 is 33.7. The Labute approximate surface area is 180 Å². The number of ether oxygens (including phenoxy) is 1. The lowest BCUT2D eigenvalue weighted by atomic mass is 10.0. The van der Waals surface area contributed by atoms with Gasteiger partial charge >= 0.3 is 0 Å². The number of isothiocyanates is 1. The molecule has 3 aromatic rings. The molecule has 0 spiro atoms. The molecular formula is C25H19F2NOS. The van der Waals surface area contributed by atoms with Gasteiger partial charge in [-0.25, -0.2) is 8.78 Å². The van der Waals surface area contributed by atoms with Crippen molar-refractivity contribution in [3.05, 3.63) is 83.4 Å². The quantitative estimate of drug-likeness (QED) is 0.187. The van der Waals surface area contributed by atoms with Crippen molar-refractivity contribution in [1.29, 1.82) is 0 Å². The third kappa shape index (κ3) is 5.61. The maximum Gasteiger partial charge on any atom is 0.153 e. The molecule has 5 heteroatoms. The zero-order valence-corrected chi connectivity index (χ0v) is 17.2. The highest BCUT2D eigenvalue weighted by molar-refractivity contribution is 7.78. The molecule has 0 aliphatic carbocycles. The Kier molecular flexibility index (Phi) is 7.45. The molecule has 0 N–H and O–H groups in total. The predicted molar refractivity (Wildman–Crippen MR) is 119 cm³/mol. The van der Waals surface area contributed by atoms with Gasteiger partial charge in [-0.1, -0.05) is 37.3 Å². The second-order valence-electron chi connectivity index (χ2n) is 6.55. The molecule has 0 bridgehead atoms. The second-order valence-corrected chi connectivity index (χ2v) is 6.73. The lowest BCUT2D eigenvalue weighted by Gasteiger charge is -2.05. The SMILES string of the molecule is CCCCOc1ccc(C#Cc2ccc(-c3cc(F)c(N=C=S)c(F)c3)cc2)cc1. The molecule has 0 fully saturated rings. The molecule has 0 aliphatic rings. The van der Waals surface area contributed by atoms with Gasteiger partial charge in [0.2, 0.25) is 0 Å². The van der Waals surface area contributed by atoms with Crippen LogP contribution in [0.2, 0.25) is 0 Å². The third-order valence-electron chi connectivity index (χ3n) is 4.36. The minimum Gasteiger partial charge on any atom is -0.494 e. The number of unbranched alkanes of at least 4 members (excludes halogenated alkanes) is 1. The van der Waals surface area contributed by atoms with Crippen LogP contribution in [0.1, 0.15) is 30.9 Å². The summed E-state index contributed by atoms with van der Waals surface area (Å²) in [6.45, 7) is 2.84. The number of thiocarbonyl (C=S) groups is 1. The van der Waals surface area contributed by atoms with Crippen LogP contribution in [-0.4, -0.2) is 11.8 Å². The summed E-state index contributed by atoms with van der Waals surface area (Å²) >= 11 is 4.41. The highest BCUT2D eigenvalue weighted by Gasteiger charge is 2.11. The second kappa shape index (κ2) is 10.5. The van der Waals surface area contributed by atoms with E-state index in [9.17, 15) is 8.78 Å². The normalized spacial score (nSPS) is 9.97. The fraction of sp³-hybridized carbons (Fsp3) is 0.160. The van der Waals surface area contributed by atoms with Crippen molar-refractivity contribution in [1.82, 2.24) is 0 Å². The molecule has 3 aromatic carbocycles. The molecule has 0 atom stereocenters. The average Bonchev–Trinajstić information content (AvgIpc) is 2.76. The zero-order valence-electron chi connectivity index (χ0n) is 16.4. The lowest BCUT2D eigenvalue weighted by Crippen LogP contribution is -1.95. The van der Waals surface area contributed by atoms with E-state index >= 15 is 0 Å². The topological polar surface area (TPSA) is 21.6 Å². The summed E-state index contributed by atoms with van der Waals surface area (Å²) in [5.41, 5.74) is 2.32. The smallest absolute Gasteiger partial charge is 0.153 e. The Morgan fingerprint density at radius 1 is 0.867 bits per heavy atom. The van der Waals surface area contributed by atoms with Crippen molar-refractivity contribution in [2.45, 2.75) is 19.8 Å². The molecule has 0 heterocycles. The molecule has 0 unspecified atom stereocenters. The van der Waals surface area contributed by atoms with Crippen molar-refractivity contribution in [3.8, 4) is 28.7 Å². The third-order valence-corrected chi connectivity index (χ3v) is 4.46. The molecule has 30 heavy (non-hydrogen) atoms. The summed E-state index contributed by atoms with van der Waals surface area (Å²) in [6, 6.07) is 17.2. The number of hydrogen-bond acceptors (Lipinski definition) is 3. The minimum absolute atomic E-state index is 0.409. The first-order valence-electron chi connectivity index (χ1n) is 9.53. The fourth-order valence-corrected chi connectivity index (χ4v) is 2.84. The average molecular weight is 419 g/mol. The van der Waals surface area contributed by atoms with Gasteiger partial charge < -0.3 is 4.74 Å². The van der Waals surface area contributed by atoms with Gasteiger partial charge in [0, 0.05) is 11.1 Å². The van der Waals surface area contributed by atoms with Crippen LogP contribution in [0.25, 0.3) is 11.1 Å². The van der Waals surface area contributed by atoms with Crippen LogP contribution in [-0.2, 0) is 0 Å². The molecule has 0 saturated carbocycles. The Balaban J connectivity index is 1.72. The van der Waals surface area contributed by atoms with Crippen LogP contribution in [0, 0.1) is 23.5 Å². The summed E-state index contributed by atoms with van der Waals surface area (Å²) in [5, 5.41) is 1.98. The van der Waals surface area contributed by atoms with Crippen molar-refractivity contribution in [2.75, 3.05) is 6.61 Å². The van der Waals surface area contributed by atoms with E-state index < -0.39 is 17.3 Å². The maximum atomic E-state index is 14.0. The summed E-state index contributed by atoms with van der Waals surface area (Å²) in [6.07, 6.45) is 2.13. The zero-order chi connectivity index (χ0) is 21.3. The van der Waals surface area contributed by atoms with Gasteiger partial charge in [0.15, 0.2) is 11.6 Å². The highest BCUT2D eigenvalue weighted by atomic mass is 32.1. The Morgan fingerprint density at radius 3 is 1.97 bits per heavy atom. The van der Waals surface area contributed by atoms with Gasteiger partial charge in [0.1, 0.15) is 11.4 Å². The van der Waals surface area contributed by atoms with E-state index in [-0.39, 0.29) is 0 Å². The van der Waals surface area contributed by atoms with Crippen LogP contribution in [0.15, 0.2) is 65.7 Å². The Morgan fingerprint density at radius 2 is 1.43 bits per heavy atom. The van der Waals surface area contributed by atoms with Crippen molar-refractivity contribution in [2.24, 2.45) is 4.99 Å². The molecule has 0 radical (unpaired) electrons. The number of rotatable bonds is 6. The first-order valence-corrected chi connectivity index (χ1v) is 9.93. The number of halogens is 2. The largest absolute Gasteiger partial charge is 0.494 e. The molecule has 150 valence electrons. The van der Waals surface area contributed by atoms with Crippen molar-refractivity contribution < 1.29 is 13.5 Å². The van der Waals surface area contributed by atoms with E-state index in [4.69, 9.17) is 4.74 Å². The monoisotopic (exact) mass is 419 g/mol. The van der Waals surface area contributed by atoms with Crippen LogP contribution in [0.3, 0.4) is 0 Å².